The van der Waals surface area contributed by atoms with E-state index in [9.17, 15) is 9.18 Å². The molecule has 1 heterocycles. The van der Waals surface area contributed by atoms with Gasteiger partial charge in [-0.3, -0.25) is 9.69 Å². The smallest absolute Gasteiger partial charge is 0.252 e. The van der Waals surface area contributed by atoms with E-state index in [1.165, 1.54) is 6.07 Å². The number of likely N-dealkylation sites (N-methyl/N-ethyl adjacent to an activating group) is 1. The first kappa shape index (κ1) is 15.5. The van der Waals surface area contributed by atoms with Gasteiger partial charge >= 0.3 is 0 Å². The van der Waals surface area contributed by atoms with E-state index < -0.39 is 5.82 Å². The highest BCUT2D eigenvalue weighted by Gasteiger charge is 2.24. The molecule has 1 atom stereocenters. The molecule has 1 aliphatic rings. The predicted octanol–water partition coefficient (Wildman–Crippen LogP) is 3.35. The number of nitrogens with zero attached hydrogens (tertiary/aromatic N) is 1. The quantitative estimate of drug-likeness (QED) is 0.863. The van der Waals surface area contributed by atoms with Gasteiger partial charge in [0.1, 0.15) is 5.82 Å². The van der Waals surface area contributed by atoms with E-state index in [-0.39, 0.29) is 21.5 Å². The zero-order valence-corrected chi connectivity index (χ0v) is 12.8. The van der Waals surface area contributed by atoms with Crippen LogP contribution < -0.4 is 5.32 Å². The summed E-state index contributed by atoms with van der Waals surface area (Å²) in [4.78, 5) is 14.4. The molecule has 0 bridgehead atoms. The number of likely N-dealkylation sites (tertiary alicyclic amines) is 1. The summed E-state index contributed by atoms with van der Waals surface area (Å²) in [7, 11) is 0. The number of halogens is 3. The van der Waals surface area contributed by atoms with E-state index in [1.54, 1.807) is 0 Å². The number of nitrogens with one attached hydrogen (secondary N) is 1. The lowest BCUT2D eigenvalue weighted by atomic mass is 10.2. The molecule has 1 amide bonds. The third-order valence-electron chi connectivity index (χ3n) is 3.66. The molecule has 0 radical (unpaired) electrons. The highest BCUT2D eigenvalue weighted by molar-refractivity contribution is 6.36. The summed E-state index contributed by atoms with van der Waals surface area (Å²) >= 11 is 11.5. The van der Waals surface area contributed by atoms with Crippen LogP contribution in [-0.4, -0.2) is 36.5 Å². The van der Waals surface area contributed by atoms with E-state index in [0.29, 0.717) is 12.6 Å². The van der Waals surface area contributed by atoms with Crippen molar-refractivity contribution >= 4 is 29.1 Å². The van der Waals surface area contributed by atoms with Crippen LogP contribution in [-0.2, 0) is 0 Å². The summed E-state index contributed by atoms with van der Waals surface area (Å²) in [5.41, 5.74) is 0.120. The lowest BCUT2D eigenvalue weighted by Crippen LogP contribution is -2.40. The number of hydrogen-bond donors (Lipinski definition) is 1. The van der Waals surface area contributed by atoms with Gasteiger partial charge in [0.05, 0.1) is 15.6 Å². The Morgan fingerprint density at radius 2 is 2.20 bits per heavy atom. The Hall–Kier alpha value is -0.840. The van der Waals surface area contributed by atoms with Crippen molar-refractivity contribution in [2.24, 2.45) is 0 Å². The van der Waals surface area contributed by atoms with Crippen molar-refractivity contribution in [2.75, 3.05) is 19.6 Å². The van der Waals surface area contributed by atoms with Crippen molar-refractivity contribution in [3.63, 3.8) is 0 Å². The van der Waals surface area contributed by atoms with E-state index in [4.69, 9.17) is 23.2 Å². The molecule has 6 heteroatoms. The molecule has 1 aromatic rings. The van der Waals surface area contributed by atoms with Crippen LogP contribution in [0.4, 0.5) is 4.39 Å². The molecule has 1 unspecified atom stereocenters. The van der Waals surface area contributed by atoms with Crippen LogP contribution in [0.5, 0.6) is 0 Å². The fraction of sp³-hybridized carbons (Fsp3) is 0.500. The largest absolute Gasteiger partial charge is 0.350 e. The normalized spacial score (nSPS) is 19.3. The number of carbonyl (C=O) groups is 1. The zero-order valence-electron chi connectivity index (χ0n) is 11.3. The molecule has 20 heavy (non-hydrogen) atoms. The van der Waals surface area contributed by atoms with Gasteiger partial charge in [-0.25, -0.2) is 4.39 Å². The molecule has 1 saturated heterocycles. The van der Waals surface area contributed by atoms with Gasteiger partial charge in [0.25, 0.3) is 5.91 Å². The Labute approximate surface area is 128 Å². The van der Waals surface area contributed by atoms with Gasteiger partial charge in [0.2, 0.25) is 0 Å². The lowest BCUT2D eigenvalue weighted by molar-refractivity contribution is 0.0941. The Morgan fingerprint density at radius 1 is 1.45 bits per heavy atom. The third-order valence-corrected chi connectivity index (χ3v) is 4.26. The Morgan fingerprint density at radius 3 is 2.90 bits per heavy atom. The molecule has 1 aromatic carbocycles. The number of amides is 1. The molecule has 0 spiro atoms. The van der Waals surface area contributed by atoms with Gasteiger partial charge in [-0.2, -0.15) is 0 Å². The monoisotopic (exact) mass is 318 g/mol. The summed E-state index contributed by atoms with van der Waals surface area (Å²) in [6, 6.07) is 2.67. The van der Waals surface area contributed by atoms with Crippen molar-refractivity contribution in [3.8, 4) is 0 Å². The van der Waals surface area contributed by atoms with Crippen molar-refractivity contribution in [3.05, 3.63) is 33.6 Å². The maximum atomic E-state index is 13.4. The fourth-order valence-electron chi connectivity index (χ4n) is 2.54. The fourth-order valence-corrected chi connectivity index (χ4v) is 3.01. The molecule has 0 aromatic heterocycles. The first-order chi connectivity index (χ1) is 9.52. The van der Waals surface area contributed by atoms with Gasteiger partial charge in [0, 0.05) is 12.6 Å². The molecule has 2 rings (SSSR count). The summed E-state index contributed by atoms with van der Waals surface area (Å²) in [5, 5.41) is 2.89. The highest BCUT2D eigenvalue weighted by atomic mass is 35.5. The van der Waals surface area contributed by atoms with E-state index >= 15 is 0 Å². The summed E-state index contributed by atoms with van der Waals surface area (Å²) < 4.78 is 13.4. The minimum atomic E-state index is -0.641. The SMILES string of the molecule is CCN1CCCC1CNC(=O)c1cc(F)c(Cl)cc1Cl. The van der Waals surface area contributed by atoms with E-state index in [1.807, 2.05) is 0 Å². The molecule has 1 fully saturated rings. The van der Waals surface area contributed by atoms with Crippen LogP contribution in [0.3, 0.4) is 0 Å². The van der Waals surface area contributed by atoms with Gasteiger partial charge < -0.3 is 5.32 Å². The molecular weight excluding hydrogens is 302 g/mol. The van der Waals surface area contributed by atoms with Crippen molar-refractivity contribution < 1.29 is 9.18 Å². The second kappa shape index (κ2) is 6.74. The number of rotatable bonds is 4. The maximum Gasteiger partial charge on any atom is 0.252 e. The first-order valence-electron chi connectivity index (χ1n) is 6.69. The van der Waals surface area contributed by atoms with Crippen LogP contribution in [0.25, 0.3) is 0 Å². The average Bonchev–Trinajstić information content (AvgIpc) is 2.87. The molecule has 0 aliphatic carbocycles. The second-order valence-corrected chi connectivity index (χ2v) is 5.70. The van der Waals surface area contributed by atoms with E-state index in [2.05, 4.69) is 17.1 Å². The van der Waals surface area contributed by atoms with Crippen molar-refractivity contribution in [1.29, 1.82) is 0 Å². The van der Waals surface area contributed by atoms with Gasteiger partial charge in [-0.1, -0.05) is 30.1 Å². The maximum absolute atomic E-state index is 13.4. The molecule has 0 saturated carbocycles. The highest BCUT2D eigenvalue weighted by Crippen LogP contribution is 2.24. The standard InChI is InChI=1S/C14H17Cl2FN2O/c1-2-19-5-3-4-9(19)8-18-14(20)10-6-13(17)12(16)7-11(10)15/h6-7,9H,2-5,8H2,1H3,(H,18,20). The van der Waals surface area contributed by atoms with Crippen LogP contribution in [0.2, 0.25) is 10.0 Å². The van der Waals surface area contributed by atoms with Crippen LogP contribution in [0, 0.1) is 5.82 Å². The summed E-state index contributed by atoms with van der Waals surface area (Å²) in [5.74, 6) is -1.01. The van der Waals surface area contributed by atoms with Gasteiger partial charge in [-0.15, -0.1) is 0 Å². The topological polar surface area (TPSA) is 32.3 Å². The van der Waals surface area contributed by atoms with Gasteiger partial charge in [-0.05, 0) is 38.1 Å². The first-order valence-corrected chi connectivity index (χ1v) is 7.45. The van der Waals surface area contributed by atoms with E-state index in [0.717, 1.165) is 32.0 Å². The van der Waals surface area contributed by atoms with Crippen LogP contribution in [0.1, 0.15) is 30.1 Å². The Bertz CT molecular complexity index is 510. The number of benzene rings is 1. The Kier molecular flexibility index (Phi) is 5.24. The summed E-state index contributed by atoms with van der Waals surface area (Å²) in [6.45, 7) is 4.68. The zero-order chi connectivity index (χ0) is 14.7. The Balaban J connectivity index is 2.00. The molecule has 1 aliphatic heterocycles. The minimum Gasteiger partial charge on any atom is -0.350 e. The van der Waals surface area contributed by atoms with Crippen molar-refractivity contribution in [2.45, 2.75) is 25.8 Å². The van der Waals surface area contributed by atoms with Crippen LogP contribution in [0.15, 0.2) is 12.1 Å². The second-order valence-electron chi connectivity index (χ2n) is 4.88. The third kappa shape index (κ3) is 3.43. The number of hydrogen-bond acceptors (Lipinski definition) is 2. The van der Waals surface area contributed by atoms with Gasteiger partial charge in [0.15, 0.2) is 0 Å². The molecule has 110 valence electrons. The number of carbonyl (C=O) groups excluding carboxylic acids is 1. The predicted molar refractivity (Wildman–Crippen MR) is 79.0 cm³/mol. The molecule has 1 N–H and O–H groups in total. The minimum absolute atomic E-state index is 0.0838. The lowest BCUT2D eigenvalue weighted by Gasteiger charge is -2.23. The molecular formula is C14H17Cl2FN2O. The molecule has 3 nitrogen and oxygen atoms in total. The summed E-state index contributed by atoms with van der Waals surface area (Å²) in [6.07, 6.45) is 2.21. The average molecular weight is 319 g/mol. The van der Waals surface area contributed by atoms with Crippen molar-refractivity contribution in [1.82, 2.24) is 10.2 Å². The van der Waals surface area contributed by atoms with Crippen LogP contribution >= 0.6 is 23.2 Å².